The molecule has 0 amide bonds. The Morgan fingerprint density at radius 3 is 2.08 bits per heavy atom. The fraction of sp³-hybridized carbons (Fsp3) is 1.00. The van der Waals surface area contributed by atoms with Crippen LogP contribution in [0.15, 0.2) is 0 Å². The summed E-state index contributed by atoms with van der Waals surface area (Å²) in [6, 6.07) is 0. The van der Waals surface area contributed by atoms with E-state index in [1.807, 2.05) is 0 Å². The molecule has 0 heterocycles. The molecule has 0 aliphatic heterocycles. The fourth-order valence-corrected chi connectivity index (χ4v) is 0.822. The molecule has 13 heavy (non-hydrogen) atoms. The minimum absolute atomic E-state index is 0.307. The predicted octanol–water partition coefficient (Wildman–Crippen LogP) is 1.03. The van der Waals surface area contributed by atoms with Crippen molar-refractivity contribution in [1.82, 2.24) is 0 Å². The first kappa shape index (κ1) is 13.3. The number of alkyl halides is 1. The van der Waals surface area contributed by atoms with Crippen LogP contribution in [0.5, 0.6) is 0 Å². The van der Waals surface area contributed by atoms with Crippen LogP contribution >= 0.6 is 15.9 Å². The summed E-state index contributed by atoms with van der Waals surface area (Å²) >= 11 is 3.26. The van der Waals surface area contributed by atoms with Gasteiger partial charge in [0.25, 0.3) is 0 Å². The van der Waals surface area contributed by atoms with E-state index in [0.717, 1.165) is 5.33 Å². The summed E-state index contributed by atoms with van der Waals surface area (Å²) in [6.45, 7) is 3.37. The molecule has 0 fully saturated rings. The van der Waals surface area contributed by atoms with E-state index >= 15 is 0 Å². The number of halogens is 1. The minimum atomic E-state index is 0.307. The molecule has 0 spiro atoms. The lowest BCUT2D eigenvalue weighted by Crippen LogP contribution is -2.10. The van der Waals surface area contributed by atoms with Crippen molar-refractivity contribution >= 4 is 15.9 Å². The highest BCUT2D eigenvalue weighted by Crippen LogP contribution is 1.84. The van der Waals surface area contributed by atoms with Crippen LogP contribution in [-0.4, -0.2) is 52.3 Å². The van der Waals surface area contributed by atoms with Gasteiger partial charge in [0.05, 0.1) is 33.0 Å². The van der Waals surface area contributed by atoms with Crippen molar-refractivity contribution < 1.29 is 18.9 Å². The van der Waals surface area contributed by atoms with Crippen molar-refractivity contribution in [1.29, 1.82) is 0 Å². The van der Waals surface area contributed by atoms with Gasteiger partial charge in [0.15, 0.2) is 0 Å². The molecule has 4 nitrogen and oxygen atoms in total. The summed E-state index contributed by atoms with van der Waals surface area (Å²) in [6.07, 6.45) is 0. The van der Waals surface area contributed by atoms with Gasteiger partial charge in [0.2, 0.25) is 0 Å². The molecule has 0 aromatic heterocycles. The average molecular weight is 257 g/mol. The second-order valence-electron chi connectivity index (χ2n) is 2.23. The van der Waals surface area contributed by atoms with Crippen molar-refractivity contribution in [3.05, 3.63) is 0 Å². The van der Waals surface area contributed by atoms with E-state index in [0.29, 0.717) is 39.8 Å². The first-order valence-electron chi connectivity index (χ1n) is 4.20. The van der Waals surface area contributed by atoms with Crippen LogP contribution in [0.1, 0.15) is 0 Å². The van der Waals surface area contributed by atoms with Gasteiger partial charge in [-0.25, -0.2) is 0 Å². The molecule has 0 radical (unpaired) electrons. The van der Waals surface area contributed by atoms with Crippen molar-refractivity contribution in [2.45, 2.75) is 0 Å². The van der Waals surface area contributed by atoms with Crippen molar-refractivity contribution in [2.24, 2.45) is 0 Å². The molecule has 0 N–H and O–H groups in total. The Labute approximate surface area is 87.6 Å². The summed E-state index contributed by atoms with van der Waals surface area (Å²) in [5, 5.41) is 0.858. The first-order chi connectivity index (χ1) is 6.41. The number of methoxy groups -OCH3 is 1. The van der Waals surface area contributed by atoms with E-state index in [4.69, 9.17) is 18.9 Å². The molecule has 0 saturated heterocycles. The van der Waals surface area contributed by atoms with E-state index in [1.54, 1.807) is 7.11 Å². The second-order valence-corrected chi connectivity index (χ2v) is 3.02. The zero-order valence-electron chi connectivity index (χ0n) is 7.96. The van der Waals surface area contributed by atoms with Crippen LogP contribution < -0.4 is 0 Å². The number of ether oxygens (including phenoxy) is 4. The largest absolute Gasteiger partial charge is 0.382 e. The third kappa shape index (κ3) is 12.3. The van der Waals surface area contributed by atoms with Gasteiger partial charge in [-0.2, -0.15) is 0 Å². The maximum Gasteiger partial charge on any atom is 0.146 e. The van der Waals surface area contributed by atoms with Gasteiger partial charge in [0, 0.05) is 12.4 Å². The number of hydrogen-bond donors (Lipinski definition) is 0. The Morgan fingerprint density at radius 1 is 0.846 bits per heavy atom. The molecule has 0 rings (SSSR count). The lowest BCUT2D eigenvalue weighted by Gasteiger charge is -2.05. The van der Waals surface area contributed by atoms with E-state index < -0.39 is 0 Å². The Bertz CT molecular complexity index is 82.2. The van der Waals surface area contributed by atoms with Gasteiger partial charge >= 0.3 is 0 Å². The van der Waals surface area contributed by atoms with Crippen LogP contribution in [0.3, 0.4) is 0 Å². The van der Waals surface area contributed by atoms with Crippen LogP contribution in [0.4, 0.5) is 0 Å². The molecular weight excluding hydrogens is 240 g/mol. The van der Waals surface area contributed by atoms with Crippen LogP contribution in [0.25, 0.3) is 0 Å². The van der Waals surface area contributed by atoms with Crippen molar-refractivity contribution in [2.75, 3.05) is 52.3 Å². The molecule has 0 aromatic rings. The fourth-order valence-electron chi connectivity index (χ4n) is 0.594. The van der Waals surface area contributed by atoms with E-state index in [1.165, 1.54) is 0 Å². The molecule has 0 atom stereocenters. The summed E-state index contributed by atoms with van der Waals surface area (Å²) in [7, 11) is 1.64. The quantitative estimate of drug-likeness (QED) is 0.333. The van der Waals surface area contributed by atoms with E-state index in [-0.39, 0.29) is 0 Å². The van der Waals surface area contributed by atoms with Gasteiger partial charge in [-0.15, -0.1) is 0 Å². The van der Waals surface area contributed by atoms with Crippen LogP contribution in [0, 0.1) is 0 Å². The van der Waals surface area contributed by atoms with Crippen LogP contribution in [0.2, 0.25) is 0 Å². The Hall–Kier alpha value is 0.320. The molecule has 0 saturated carbocycles. The standard InChI is InChI=1S/C8H17BrO4/c1-10-4-5-12-8-13-7-6-11-3-2-9/h2-8H2,1H3. The monoisotopic (exact) mass is 256 g/mol. The predicted molar refractivity (Wildman–Crippen MR) is 53.3 cm³/mol. The highest BCUT2D eigenvalue weighted by molar-refractivity contribution is 9.09. The normalized spacial score (nSPS) is 10.6. The number of hydrogen-bond acceptors (Lipinski definition) is 4. The van der Waals surface area contributed by atoms with Gasteiger partial charge in [-0.3, -0.25) is 0 Å². The molecular formula is C8H17BrO4. The minimum Gasteiger partial charge on any atom is -0.382 e. The third-order valence-corrected chi connectivity index (χ3v) is 1.52. The van der Waals surface area contributed by atoms with Crippen molar-refractivity contribution in [3.63, 3.8) is 0 Å². The van der Waals surface area contributed by atoms with E-state index in [2.05, 4.69) is 15.9 Å². The SMILES string of the molecule is COCCOCOCCOCCBr. The van der Waals surface area contributed by atoms with Gasteiger partial charge < -0.3 is 18.9 Å². The highest BCUT2D eigenvalue weighted by Gasteiger charge is 1.89. The van der Waals surface area contributed by atoms with E-state index in [9.17, 15) is 0 Å². The summed E-state index contributed by atoms with van der Waals surface area (Å²) < 4.78 is 20.1. The summed E-state index contributed by atoms with van der Waals surface area (Å²) in [5.41, 5.74) is 0. The zero-order chi connectivity index (χ0) is 9.78. The van der Waals surface area contributed by atoms with Gasteiger partial charge in [-0.05, 0) is 0 Å². The topological polar surface area (TPSA) is 36.9 Å². The van der Waals surface area contributed by atoms with Crippen LogP contribution in [-0.2, 0) is 18.9 Å². The average Bonchev–Trinajstić information content (AvgIpc) is 2.16. The second kappa shape index (κ2) is 12.3. The molecule has 80 valence electrons. The Balaban J connectivity index is 2.76. The molecule has 0 unspecified atom stereocenters. The molecule has 0 bridgehead atoms. The maximum absolute atomic E-state index is 5.16. The van der Waals surface area contributed by atoms with Gasteiger partial charge in [-0.1, -0.05) is 15.9 Å². The third-order valence-electron chi connectivity index (χ3n) is 1.19. The smallest absolute Gasteiger partial charge is 0.146 e. The summed E-state index contributed by atoms with van der Waals surface area (Å²) in [4.78, 5) is 0. The molecule has 0 aliphatic rings. The Morgan fingerprint density at radius 2 is 1.46 bits per heavy atom. The maximum atomic E-state index is 5.16. The number of rotatable bonds is 10. The summed E-state index contributed by atoms with van der Waals surface area (Å²) in [5.74, 6) is 0. The highest BCUT2D eigenvalue weighted by atomic mass is 79.9. The molecule has 0 aromatic carbocycles. The van der Waals surface area contributed by atoms with Gasteiger partial charge in [0.1, 0.15) is 6.79 Å². The lowest BCUT2D eigenvalue weighted by atomic mass is 10.7. The zero-order valence-corrected chi connectivity index (χ0v) is 9.55. The first-order valence-corrected chi connectivity index (χ1v) is 5.32. The molecule has 0 aliphatic carbocycles. The molecule has 5 heteroatoms. The Kier molecular flexibility index (Phi) is 12.6. The van der Waals surface area contributed by atoms with Crippen molar-refractivity contribution in [3.8, 4) is 0 Å². The lowest BCUT2D eigenvalue weighted by molar-refractivity contribution is -0.0777.